The average molecular weight is 578 g/mol. The number of rotatable bonds is 8. The van der Waals surface area contributed by atoms with Crippen LogP contribution in [-0.4, -0.2) is 75.4 Å². The van der Waals surface area contributed by atoms with E-state index in [2.05, 4.69) is 19.9 Å². The van der Waals surface area contributed by atoms with Gasteiger partial charge in [-0.3, -0.25) is 4.79 Å². The predicted molar refractivity (Wildman–Crippen MR) is 140 cm³/mol. The van der Waals surface area contributed by atoms with E-state index in [1.165, 1.54) is 11.3 Å². The summed E-state index contributed by atoms with van der Waals surface area (Å²) in [7, 11) is -6.62. The zero-order valence-electron chi connectivity index (χ0n) is 20.1. The summed E-state index contributed by atoms with van der Waals surface area (Å²) in [5.41, 5.74) is 2.98. The fraction of sp³-hybridized carbons (Fsp3) is 0.304. The van der Waals surface area contributed by atoms with Crippen molar-refractivity contribution in [2.24, 2.45) is 0 Å². The van der Waals surface area contributed by atoms with Crippen LogP contribution in [0.5, 0.6) is 0 Å². The number of sulfone groups is 1. The van der Waals surface area contributed by atoms with Gasteiger partial charge in [-0.2, -0.15) is 0 Å². The van der Waals surface area contributed by atoms with Crippen molar-refractivity contribution >= 4 is 48.2 Å². The Labute approximate surface area is 223 Å². The van der Waals surface area contributed by atoms with Gasteiger partial charge in [-0.25, -0.2) is 26.5 Å². The first kappa shape index (κ1) is 26.4. The zero-order valence-corrected chi connectivity index (χ0v) is 22.6. The molecule has 1 fully saturated rings. The lowest BCUT2D eigenvalue weighted by Gasteiger charge is -2.26. The number of morpholine rings is 1. The predicted octanol–water partition coefficient (Wildman–Crippen LogP) is 1.57. The molecule has 0 bridgehead atoms. The minimum Gasteiger partial charge on any atom is -0.422 e. The quantitative estimate of drug-likeness (QED) is 0.294. The molecular formula is C23H23N5O7S3. The molecule has 0 saturated carbocycles. The highest BCUT2D eigenvalue weighted by molar-refractivity contribution is 7.91. The number of hydrogen-bond acceptors (Lipinski definition) is 11. The molecule has 0 aliphatic carbocycles. The van der Waals surface area contributed by atoms with Gasteiger partial charge in [-0.1, -0.05) is 18.2 Å². The maximum atomic E-state index is 12.7. The first-order valence-corrected chi connectivity index (χ1v) is 15.4. The van der Waals surface area contributed by atoms with E-state index in [0.717, 1.165) is 22.1 Å². The van der Waals surface area contributed by atoms with E-state index >= 15 is 0 Å². The number of carbonyl (C=O) groups excluding carboxylic acids is 1. The van der Waals surface area contributed by atoms with Crippen LogP contribution in [0.1, 0.15) is 32.4 Å². The van der Waals surface area contributed by atoms with Crippen LogP contribution in [-0.2, 0) is 32.0 Å². The Hall–Kier alpha value is -3.24. The van der Waals surface area contributed by atoms with Crippen molar-refractivity contribution in [3.05, 3.63) is 64.8 Å². The third-order valence-corrected chi connectivity index (χ3v) is 8.82. The van der Waals surface area contributed by atoms with Gasteiger partial charge in [0.2, 0.25) is 22.7 Å². The number of aromatic nitrogens is 3. The van der Waals surface area contributed by atoms with Gasteiger partial charge in [0.25, 0.3) is 5.91 Å². The molecule has 3 heterocycles. The first-order chi connectivity index (χ1) is 18.2. The molecule has 4 aromatic rings. The second-order valence-electron chi connectivity index (χ2n) is 8.55. The molecule has 1 amide bonds. The third-order valence-electron chi connectivity index (χ3n) is 5.89. The Bertz CT molecular complexity index is 1650. The molecule has 38 heavy (non-hydrogen) atoms. The van der Waals surface area contributed by atoms with Crippen molar-refractivity contribution in [3.63, 3.8) is 0 Å². The smallest absolute Gasteiger partial charge is 0.254 e. The van der Waals surface area contributed by atoms with E-state index < -0.39 is 26.0 Å². The summed E-state index contributed by atoms with van der Waals surface area (Å²) in [5.74, 6) is -0.284. The molecule has 1 atom stereocenters. The van der Waals surface area contributed by atoms with E-state index in [1.807, 2.05) is 24.3 Å². The topological polar surface area (TPSA) is 162 Å². The lowest BCUT2D eigenvalue weighted by molar-refractivity contribution is 0.0303. The number of ether oxygens (including phenoxy) is 1. The Morgan fingerprint density at radius 1 is 1.11 bits per heavy atom. The van der Waals surface area contributed by atoms with Gasteiger partial charge in [0.1, 0.15) is 5.01 Å². The van der Waals surface area contributed by atoms with Gasteiger partial charge in [-0.15, -0.1) is 21.5 Å². The summed E-state index contributed by atoms with van der Waals surface area (Å²) in [5, 5.41) is 6.52. The summed E-state index contributed by atoms with van der Waals surface area (Å²) in [6.45, 7) is 1.97. The number of nitrogens with one attached hydrogen (secondary N) is 1. The Morgan fingerprint density at radius 3 is 2.50 bits per heavy atom. The first-order valence-electron chi connectivity index (χ1n) is 11.5. The van der Waals surface area contributed by atoms with E-state index in [-0.39, 0.29) is 29.2 Å². The maximum absolute atomic E-state index is 12.7. The summed E-state index contributed by atoms with van der Waals surface area (Å²) >= 11 is 1.19. The van der Waals surface area contributed by atoms with Crippen LogP contribution in [0.3, 0.4) is 0 Å². The van der Waals surface area contributed by atoms with Gasteiger partial charge in [0.15, 0.2) is 15.1 Å². The lowest BCUT2D eigenvalue weighted by atomic mass is 10.0. The van der Waals surface area contributed by atoms with Crippen molar-refractivity contribution in [3.8, 4) is 11.1 Å². The molecule has 2 aromatic heterocycles. The van der Waals surface area contributed by atoms with Crippen molar-refractivity contribution in [2.45, 2.75) is 11.8 Å². The fourth-order valence-corrected chi connectivity index (χ4v) is 6.83. The maximum Gasteiger partial charge on any atom is 0.254 e. The van der Waals surface area contributed by atoms with Crippen LogP contribution in [0.2, 0.25) is 0 Å². The summed E-state index contributed by atoms with van der Waals surface area (Å²) < 4.78 is 60.5. The molecule has 1 aliphatic rings. The van der Waals surface area contributed by atoms with Crippen molar-refractivity contribution in [1.82, 2.24) is 24.8 Å². The van der Waals surface area contributed by atoms with E-state index in [9.17, 15) is 21.6 Å². The average Bonchev–Trinajstić information content (AvgIpc) is 3.53. The van der Waals surface area contributed by atoms with E-state index in [4.69, 9.17) is 9.15 Å². The minimum atomic E-state index is -3.75. The summed E-state index contributed by atoms with van der Waals surface area (Å²) in [4.78, 5) is 19.0. The normalized spacial score (nSPS) is 15.3. The monoisotopic (exact) mass is 577 g/mol. The number of benzene rings is 2. The molecule has 5 rings (SSSR count). The van der Waals surface area contributed by atoms with Crippen molar-refractivity contribution in [1.29, 1.82) is 0 Å². The van der Waals surface area contributed by atoms with E-state index in [0.29, 0.717) is 37.4 Å². The van der Waals surface area contributed by atoms with Crippen LogP contribution in [0.25, 0.3) is 21.3 Å². The Balaban J connectivity index is 1.41. The molecule has 1 N–H and O–H groups in total. The molecule has 2 aromatic carbocycles. The van der Waals surface area contributed by atoms with Gasteiger partial charge in [0.05, 0.1) is 30.0 Å². The highest BCUT2D eigenvalue weighted by Gasteiger charge is 2.34. The van der Waals surface area contributed by atoms with Gasteiger partial charge < -0.3 is 14.1 Å². The second-order valence-corrected chi connectivity index (χ2v) is 12.6. The Kier molecular flexibility index (Phi) is 7.54. The zero-order chi connectivity index (χ0) is 26.9. The molecule has 200 valence electrons. The fourth-order valence-electron chi connectivity index (χ4n) is 4.04. The van der Waals surface area contributed by atoms with Crippen molar-refractivity contribution < 1.29 is 30.8 Å². The molecular weight excluding hydrogens is 554 g/mol. The molecule has 0 radical (unpaired) electrons. The van der Waals surface area contributed by atoms with Crippen LogP contribution < -0.4 is 4.72 Å². The number of fused-ring (bicyclic) bond motifs is 1. The Morgan fingerprint density at radius 2 is 1.82 bits per heavy atom. The number of hydrogen-bond donors (Lipinski definition) is 2. The molecule has 12 nitrogen and oxygen atoms in total. The van der Waals surface area contributed by atoms with Gasteiger partial charge in [-0.05, 0) is 35.4 Å². The highest BCUT2D eigenvalue weighted by Crippen LogP contribution is 2.36. The SMILES string of the molecule is CS(=O)(=O)C(c1nnc(CN[SH](=O)=O)o1)c1nc2ccc(-c3ccc(C(=O)N4CCOCC4)cc3)cc2s1. The highest BCUT2D eigenvalue weighted by atomic mass is 32.2. The number of nitrogens with zero attached hydrogens (tertiary/aromatic N) is 4. The molecule has 1 saturated heterocycles. The number of carbonyl (C=O) groups is 1. The lowest BCUT2D eigenvalue weighted by Crippen LogP contribution is -2.40. The summed E-state index contributed by atoms with van der Waals surface area (Å²) in [6.07, 6.45) is 1.05. The number of amides is 1. The van der Waals surface area contributed by atoms with Gasteiger partial charge >= 0.3 is 0 Å². The minimum absolute atomic E-state index is 0.0315. The number of thiol groups is 1. The summed E-state index contributed by atoms with van der Waals surface area (Å²) in [6, 6.07) is 12.9. The number of thiazole rings is 1. The van der Waals surface area contributed by atoms with Crippen molar-refractivity contribution in [2.75, 3.05) is 32.6 Å². The largest absolute Gasteiger partial charge is 0.422 e. The van der Waals surface area contributed by atoms with Crippen LogP contribution in [0.4, 0.5) is 0 Å². The third kappa shape index (κ3) is 5.76. The van der Waals surface area contributed by atoms with Crippen LogP contribution in [0.15, 0.2) is 46.9 Å². The van der Waals surface area contributed by atoms with Gasteiger partial charge in [0, 0.05) is 24.9 Å². The standard InChI is InChI=1S/C23H23N5O7S3/c1-38(32,33)20(21-27-26-19(35-21)13-24-37(30)31)22-25-17-7-6-16(12-18(17)36-22)14-2-4-15(5-3-14)23(29)28-8-10-34-11-9-28/h2-7,12,20,37H,8-11,13H2,1H3,(H,24,30,31). The van der Waals surface area contributed by atoms with Crippen LogP contribution >= 0.6 is 11.3 Å². The van der Waals surface area contributed by atoms with E-state index in [1.54, 1.807) is 23.1 Å². The second kappa shape index (κ2) is 10.9. The molecule has 15 heteroatoms. The molecule has 1 unspecified atom stereocenters. The van der Waals surface area contributed by atoms with Crippen LogP contribution in [0, 0.1) is 0 Å². The molecule has 0 spiro atoms. The molecule has 1 aliphatic heterocycles.